The van der Waals surface area contributed by atoms with Gasteiger partial charge in [-0.3, -0.25) is 19.3 Å². The molecular formula is C27H35N5O6. The smallest absolute Gasteiger partial charge is 0.243 e. The van der Waals surface area contributed by atoms with E-state index < -0.39 is 11.9 Å². The average Bonchev–Trinajstić information content (AvgIpc) is 2.94. The first-order valence-corrected chi connectivity index (χ1v) is 12.6. The standard InChI is InChI=1S/C27H35N5O6/c1-36-19-8-9-23(37-2)20(16-19)29-25(33)17-22-27(35)28-10-11-32(22)26(34)18-30-12-14-31(15-13-30)21-6-4-5-7-24(21)38-3/h4-9,16,22H,10-15,17-18H2,1-3H3,(H,28,35)(H,29,33)/t22-/m1/s1. The summed E-state index contributed by atoms with van der Waals surface area (Å²) in [5.74, 6) is 0.943. The first-order chi connectivity index (χ1) is 18.4. The summed E-state index contributed by atoms with van der Waals surface area (Å²) >= 11 is 0. The number of hydrogen-bond donors (Lipinski definition) is 2. The molecule has 0 unspecified atom stereocenters. The second-order valence-corrected chi connectivity index (χ2v) is 9.15. The fourth-order valence-corrected chi connectivity index (χ4v) is 4.82. The van der Waals surface area contributed by atoms with Crippen molar-refractivity contribution in [3.8, 4) is 17.2 Å². The Morgan fingerprint density at radius 2 is 1.68 bits per heavy atom. The van der Waals surface area contributed by atoms with E-state index in [1.165, 1.54) is 19.1 Å². The molecule has 1 atom stereocenters. The molecule has 204 valence electrons. The number of nitrogens with zero attached hydrogens (tertiary/aromatic N) is 3. The molecule has 0 radical (unpaired) electrons. The van der Waals surface area contributed by atoms with Crippen LogP contribution in [0.3, 0.4) is 0 Å². The van der Waals surface area contributed by atoms with Crippen molar-refractivity contribution < 1.29 is 28.6 Å². The zero-order chi connectivity index (χ0) is 27.1. The molecule has 3 amide bonds. The Morgan fingerprint density at radius 3 is 2.39 bits per heavy atom. The molecule has 2 aromatic carbocycles. The first-order valence-electron chi connectivity index (χ1n) is 12.6. The molecule has 0 aliphatic carbocycles. The van der Waals surface area contributed by atoms with E-state index >= 15 is 0 Å². The number of carbonyl (C=O) groups is 3. The van der Waals surface area contributed by atoms with Crippen LogP contribution in [0.2, 0.25) is 0 Å². The van der Waals surface area contributed by atoms with Crippen molar-refractivity contribution in [2.45, 2.75) is 12.5 Å². The lowest BCUT2D eigenvalue weighted by Crippen LogP contribution is -2.60. The van der Waals surface area contributed by atoms with E-state index in [1.807, 2.05) is 24.3 Å². The molecule has 2 saturated heterocycles. The van der Waals surface area contributed by atoms with Gasteiger partial charge in [-0.1, -0.05) is 12.1 Å². The molecule has 0 saturated carbocycles. The summed E-state index contributed by atoms with van der Waals surface area (Å²) in [4.78, 5) is 44.8. The molecule has 4 rings (SSSR count). The fourth-order valence-electron chi connectivity index (χ4n) is 4.82. The summed E-state index contributed by atoms with van der Waals surface area (Å²) in [6.45, 7) is 3.80. The molecule has 0 bridgehead atoms. The third kappa shape index (κ3) is 6.28. The number of nitrogens with one attached hydrogen (secondary N) is 2. The van der Waals surface area contributed by atoms with Crippen molar-refractivity contribution >= 4 is 29.1 Å². The summed E-state index contributed by atoms with van der Waals surface area (Å²) in [6.07, 6.45) is -0.167. The van der Waals surface area contributed by atoms with E-state index in [-0.39, 0.29) is 24.8 Å². The van der Waals surface area contributed by atoms with E-state index in [1.54, 1.807) is 25.3 Å². The maximum absolute atomic E-state index is 13.3. The van der Waals surface area contributed by atoms with Gasteiger partial charge in [0.1, 0.15) is 23.3 Å². The second-order valence-electron chi connectivity index (χ2n) is 9.15. The van der Waals surface area contributed by atoms with Crippen LogP contribution in [-0.4, -0.2) is 101 Å². The van der Waals surface area contributed by atoms with E-state index in [0.29, 0.717) is 43.4 Å². The number of piperazine rings is 2. The Hall–Kier alpha value is -3.99. The molecule has 38 heavy (non-hydrogen) atoms. The molecule has 2 aliphatic rings. The highest BCUT2D eigenvalue weighted by Gasteiger charge is 2.35. The highest BCUT2D eigenvalue weighted by Crippen LogP contribution is 2.30. The quantitative estimate of drug-likeness (QED) is 0.502. The highest BCUT2D eigenvalue weighted by atomic mass is 16.5. The number of hydrogen-bond acceptors (Lipinski definition) is 8. The van der Waals surface area contributed by atoms with Crippen LogP contribution in [0, 0.1) is 0 Å². The maximum Gasteiger partial charge on any atom is 0.243 e. The number of ether oxygens (including phenoxy) is 3. The van der Waals surface area contributed by atoms with Gasteiger partial charge in [0.15, 0.2) is 0 Å². The molecule has 0 aromatic heterocycles. The zero-order valence-electron chi connectivity index (χ0n) is 22.1. The number of benzene rings is 2. The predicted molar refractivity (Wildman–Crippen MR) is 143 cm³/mol. The number of methoxy groups -OCH3 is 3. The number of anilines is 2. The third-order valence-corrected chi connectivity index (χ3v) is 6.87. The second kappa shape index (κ2) is 12.5. The van der Waals surface area contributed by atoms with Crippen molar-refractivity contribution in [2.75, 3.05) is 77.4 Å². The van der Waals surface area contributed by atoms with Crippen molar-refractivity contribution in [1.82, 2.24) is 15.1 Å². The summed E-state index contributed by atoms with van der Waals surface area (Å²) < 4.78 is 16.0. The maximum atomic E-state index is 13.3. The monoisotopic (exact) mass is 525 g/mol. The normalized spacial score (nSPS) is 18.0. The summed E-state index contributed by atoms with van der Waals surface area (Å²) in [5, 5.41) is 5.56. The molecule has 2 N–H and O–H groups in total. The van der Waals surface area contributed by atoms with Crippen molar-refractivity contribution in [3.63, 3.8) is 0 Å². The molecule has 2 fully saturated rings. The minimum Gasteiger partial charge on any atom is -0.497 e. The van der Waals surface area contributed by atoms with Gasteiger partial charge in [-0.2, -0.15) is 0 Å². The summed E-state index contributed by atoms with van der Waals surface area (Å²) in [6, 6.07) is 12.1. The van der Waals surface area contributed by atoms with Gasteiger partial charge in [0.2, 0.25) is 17.7 Å². The lowest BCUT2D eigenvalue weighted by Gasteiger charge is -2.39. The van der Waals surface area contributed by atoms with Gasteiger partial charge in [0.25, 0.3) is 0 Å². The van der Waals surface area contributed by atoms with Gasteiger partial charge in [-0.15, -0.1) is 0 Å². The van der Waals surface area contributed by atoms with E-state index in [9.17, 15) is 14.4 Å². The SMILES string of the molecule is COc1ccc(OC)c(NC(=O)C[C@@H]2C(=O)NCCN2C(=O)CN2CCN(c3ccccc3OC)CC2)c1. The number of amides is 3. The Bertz CT molecular complexity index is 1150. The molecule has 2 aromatic rings. The van der Waals surface area contributed by atoms with Crippen molar-refractivity contribution in [2.24, 2.45) is 0 Å². The molecule has 11 nitrogen and oxygen atoms in total. The largest absolute Gasteiger partial charge is 0.497 e. The summed E-state index contributed by atoms with van der Waals surface area (Å²) in [7, 11) is 4.69. The topological polar surface area (TPSA) is 113 Å². The van der Waals surface area contributed by atoms with Gasteiger partial charge in [0, 0.05) is 45.3 Å². The van der Waals surface area contributed by atoms with Crippen LogP contribution >= 0.6 is 0 Å². The zero-order valence-corrected chi connectivity index (χ0v) is 22.1. The van der Waals surface area contributed by atoms with Crippen molar-refractivity contribution in [1.29, 1.82) is 0 Å². The lowest BCUT2D eigenvalue weighted by atomic mass is 10.1. The van der Waals surface area contributed by atoms with Crippen LogP contribution in [0.4, 0.5) is 11.4 Å². The van der Waals surface area contributed by atoms with E-state index in [4.69, 9.17) is 14.2 Å². The average molecular weight is 526 g/mol. The Balaban J connectivity index is 1.36. The number of carbonyl (C=O) groups excluding carboxylic acids is 3. The van der Waals surface area contributed by atoms with Gasteiger partial charge in [-0.25, -0.2) is 0 Å². The third-order valence-electron chi connectivity index (χ3n) is 6.87. The van der Waals surface area contributed by atoms with Crippen LogP contribution in [0.15, 0.2) is 42.5 Å². The van der Waals surface area contributed by atoms with Crippen molar-refractivity contribution in [3.05, 3.63) is 42.5 Å². The van der Waals surface area contributed by atoms with Crippen LogP contribution in [0.1, 0.15) is 6.42 Å². The molecule has 11 heteroatoms. The molecule has 2 aliphatic heterocycles. The predicted octanol–water partition coefficient (Wildman–Crippen LogP) is 1.19. The van der Waals surface area contributed by atoms with Crippen LogP contribution < -0.4 is 29.7 Å². The van der Waals surface area contributed by atoms with Crippen LogP contribution in [0.5, 0.6) is 17.2 Å². The molecule has 0 spiro atoms. The summed E-state index contributed by atoms with van der Waals surface area (Å²) in [5.41, 5.74) is 1.46. The number of para-hydroxylation sites is 2. The Morgan fingerprint density at radius 1 is 0.947 bits per heavy atom. The van der Waals surface area contributed by atoms with E-state index in [0.717, 1.165) is 24.5 Å². The molecule has 2 heterocycles. The van der Waals surface area contributed by atoms with Gasteiger partial charge >= 0.3 is 0 Å². The van der Waals surface area contributed by atoms with Gasteiger partial charge in [0.05, 0.1) is 45.7 Å². The van der Waals surface area contributed by atoms with Crippen LogP contribution in [0.25, 0.3) is 0 Å². The number of rotatable bonds is 9. The minimum atomic E-state index is -0.886. The van der Waals surface area contributed by atoms with Gasteiger partial charge in [-0.05, 0) is 24.3 Å². The first kappa shape index (κ1) is 27.1. The molecular weight excluding hydrogens is 490 g/mol. The van der Waals surface area contributed by atoms with E-state index in [2.05, 4.69) is 20.4 Å². The lowest BCUT2D eigenvalue weighted by molar-refractivity contribution is -0.145. The Labute approximate surface area is 222 Å². The van der Waals surface area contributed by atoms with Gasteiger partial charge < -0.3 is 34.6 Å². The highest BCUT2D eigenvalue weighted by molar-refractivity contribution is 5.98. The Kier molecular flexibility index (Phi) is 8.90. The van der Waals surface area contributed by atoms with Crippen LogP contribution in [-0.2, 0) is 14.4 Å². The fraction of sp³-hybridized carbons (Fsp3) is 0.444. The minimum absolute atomic E-state index is 0.164.